The lowest BCUT2D eigenvalue weighted by molar-refractivity contribution is -0.395. The molecule has 13 heteroatoms. The van der Waals surface area contributed by atoms with Crippen LogP contribution in [0.3, 0.4) is 0 Å². The molecule has 7 rings (SSSR count). The molecule has 0 aliphatic heterocycles. The molecule has 6 aromatic rings. The van der Waals surface area contributed by atoms with Crippen molar-refractivity contribution >= 4 is 56.1 Å². The first-order valence-corrected chi connectivity index (χ1v) is 15.2. The van der Waals surface area contributed by atoms with Gasteiger partial charge in [0.2, 0.25) is 0 Å². The molecule has 1 heterocycles. The minimum Gasteiger partial charge on any atom is -0.336 e. The summed E-state index contributed by atoms with van der Waals surface area (Å²) < 4.78 is 2.25. The van der Waals surface area contributed by atoms with Crippen LogP contribution in [0.2, 0.25) is 0 Å². The van der Waals surface area contributed by atoms with Gasteiger partial charge in [0.15, 0.2) is 0 Å². The van der Waals surface area contributed by atoms with Crippen LogP contribution in [0.4, 0.5) is 22.7 Å². The summed E-state index contributed by atoms with van der Waals surface area (Å²) >= 11 is 0. The molecule has 5 aromatic carbocycles. The summed E-state index contributed by atoms with van der Waals surface area (Å²) in [5, 5.41) is 51.9. The highest BCUT2D eigenvalue weighted by molar-refractivity contribution is 6.10. The van der Waals surface area contributed by atoms with Crippen LogP contribution in [0.25, 0.3) is 44.5 Å². The molecular formula is C37H23N5O8. The van der Waals surface area contributed by atoms with Gasteiger partial charge >= 0.3 is 0 Å². The van der Waals surface area contributed by atoms with Gasteiger partial charge in [-0.05, 0) is 28.7 Å². The van der Waals surface area contributed by atoms with Gasteiger partial charge in [-0.3, -0.25) is 40.5 Å². The minimum atomic E-state index is -0.862. The highest BCUT2D eigenvalue weighted by Crippen LogP contribution is 2.54. The van der Waals surface area contributed by atoms with Crippen LogP contribution in [-0.2, 0) is 6.54 Å². The minimum absolute atomic E-state index is 0.0198. The third-order valence-electron chi connectivity index (χ3n) is 8.62. The fourth-order valence-corrected chi connectivity index (χ4v) is 6.58. The van der Waals surface area contributed by atoms with Crippen LogP contribution in [-0.4, -0.2) is 24.3 Å². The highest BCUT2D eigenvalue weighted by Gasteiger charge is 2.40. The van der Waals surface area contributed by atoms with Gasteiger partial charge in [-0.15, -0.1) is 0 Å². The van der Waals surface area contributed by atoms with E-state index in [9.17, 15) is 40.5 Å². The van der Waals surface area contributed by atoms with Crippen molar-refractivity contribution in [1.82, 2.24) is 4.57 Å². The number of rotatable bonds is 9. The van der Waals surface area contributed by atoms with Crippen LogP contribution in [0.1, 0.15) is 16.7 Å². The molecule has 0 saturated heterocycles. The fourth-order valence-electron chi connectivity index (χ4n) is 6.58. The molecule has 0 fully saturated rings. The summed E-state index contributed by atoms with van der Waals surface area (Å²) in [7, 11) is 0. The molecule has 0 bridgehead atoms. The molecule has 1 aromatic heterocycles. The zero-order valence-corrected chi connectivity index (χ0v) is 25.8. The summed E-state index contributed by atoms with van der Waals surface area (Å²) in [5.41, 5.74) is -0.771. The van der Waals surface area contributed by atoms with Crippen molar-refractivity contribution in [1.29, 1.82) is 0 Å². The molecule has 0 spiro atoms. The van der Waals surface area contributed by atoms with E-state index < -0.39 is 42.4 Å². The Labute approximate surface area is 281 Å². The Hall–Kier alpha value is -7.28. The van der Waals surface area contributed by atoms with E-state index >= 15 is 0 Å². The predicted octanol–water partition coefficient (Wildman–Crippen LogP) is 8.20. The van der Waals surface area contributed by atoms with Crippen LogP contribution in [0.15, 0.2) is 121 Å². The van der Waals surface area contributed by atoms with Crippen molar-refractivity contribution < 1.29 is 19.7 Å². The van der Waals surface area contributed by atoms with Crippen LogP contribution in [0.5, 0.6) is 0 Å². The third-order valence-corrected chi connectivity index (χ3v) is 8.62. The lowest BCUT2D eigenvalue weighted by Crippen LogP contribution is -2.16. The van der Waals surface area contributed by atoms with E-state index in [2.05, 4.69) is 41.0 Å². The third kappa shape index (κ3) is 5.34. The molecule has 1 aliphatic carbocycles. The van der Waals surface area contributed by atoms with E-state index in [0.717, 1.165) is 56.9 Å². The second-order valence-electron chi connectivity index (χ2n) is 11.5. The number of nitrogens with zero attached hydrogens (tertiary/aromatic N) is 5. The summed E-state index contributed by atoms with van der Waals surface area (Å²) in [6, 6.07) is 26.1. The number of nitro benzene ring substituents is 4. The lowest BCUT2D eigenvalue weighted by atomic mass is 10.0. The first kappa shape index (κ1) is 31.3. The molecule has 0 unspecified atom stereocenters. The lowest BCUT2D eigenvalue weighted by Gasteiger charge is -2.07. The van der Waals surface area contributed by atoms with E-state index in [4.69, 9.17) is 0 Å². The Balaban J connectivity index is 1.34. The van der Waals surface area contributed by atoms with E-state index in [0.29, 0.717) is 6.54 Å². The van der Waals surface area contributed by atoms with Crippen LogP contribution >= 0.6 is 0 Å². The van der Waals surface area contributed by atoms with Gasteiger partial charge in [0.05, 0.1) is 48.5 Å². The first-order chi connectivity index (χ1) is 24.1. The Morgan fingerprint density at radius 1 is 0.580 bits per heavy atom. The average Bonchev–Trinajstić information content (AvgIpc) is 3.58. The molecule has 0 saturated carbocycles. The van der Waals surface area contributed by atoms with Crippen molar-refractivity contribution in [3.8, 4) is 11.1 Å². The van der Waals surface area contributed by atoms with Gasteiger partial charge in [-0.1, -0.05) is 91.0 Å². The molecule has 1 aliphatic rings. The topological polar surface area (TPSA) is 177 Å². The van der Waals surface area contributed by atoms with Gasteiger partial charge in [0, 0.05) is 45.9 Å². The molecular weight excluding hydrogens is 642 g/mol. The zero-order chi connectivity index (χ0) is 35.1. The Kier molecular flexibility index (Phi) is 7.76. The van der Waals surface area contributed by atoms with Crippen LogP contribution < -0.4 is 5.35 Å². The number of aromatic nitrogens is 1. The second-order valence-corrected chi connectivity index (χ2v) is 11.5. The Bertz CT molecular complexity index is 2500. The van der Waals surface area contributed by atoms with Gasteiger partial charge in [-0.25, -0.2) is 0 Å². The molecule has 0 N–H and O–H groups in total. The number of allylic oxidation sites excluding steroid dienone is 5. The van der Waals surface area contributed by atoms with Crippen LogP contribution in [0, 0.1) is 40.5 Å². The van der Waals surface area contributed by atoms with Gasteiger partial charge < -0.3 is 4.57 Å². The van der Waals surface area contributed by atoms with E-state index in [-0.39, 0.29) is 27.8 Å². The quantitative estimate of drug-likeness (QED) is 0.0841. The van der Waals surface area contributed by atoms with Crippen molar-refractivity contribution in [3.05, 3.63) is 184 Å². The standard InChI is InChI=1S/C37H23N5O8/c43-39(44)25-18-29-27(30-19-26(40(45)46)21-34(42(49)50)37(30)36(29)33(20-25)41(47)48)14-6-1-2-7-16-31-28-15-8-12-24-13-9-17-32(35(24)28)38(31)22-23-10-4-3-5-11-23/h1-21H,22H2/b6-1+,7-2+,31-16+. The summed E-state index contributed by atoms with van der Waals surface area (Å²) in [6.45, 7) is 0.644. The number of nitro groups is 4. The first-order valence-electron chi connectivity index (χ1n) is 15.2. The highest BCUT2D eigenvalue weighted by atomic mass is 16.6. The van der Waals surface area contributed by atoms with Gasteiger partial charge in [0.1, 0.15) is 0 Å². The number of hydrogen-bond acceptors (Lipinski definition) is 8. The molecule has 244 valence electrons. The maximum atomic E-state index is 12.1. The largest absolute Gasteiger partial charge is 0.336 e. The summed E-state index contributed by atoms with van der Waals surface area (Å²) in [4.78, 5) is 44.2. The average molecular weight is 666 g/mol. The van der Waals surface area contributed by atoms with Crippen molar-refractivity contribution in [3.63, 3.8) is 0 Å². The Morgan fingerprint density at radius 3 is 1.70 bits per heavy atom. The van der Waals surface area contributed by atoms with Gasteiger partial charge in [-0.2, -0.15) is 0 Å². The number of benzene rings is 5. The molecule has 0 atom stereocenters. The SMILES string of the molecule is O=[N+]([O-])c1cc2c(c([N+](=O)[O-])c1)-c1c(cc([N+](=O)[O-])cc1[N+](=O)[O-])C2=C/C=C/C=C/C=c1\c2cccc3cccc(c32)n1Cc1ccccc1. The monoisotopic (exact) mass is 665 g/mol. The van der Waals surface area contributed by atoms with E-state index in [1.54, 1.807) is 18.2 Å². The number of non-ortho nitro benzene ring substituents is 2. The molecule has 13 nitrogen and oxygen atoms in total. The Morgan fingerprint density at radius 2 is 1.14 bits per heavy atom. The molecule has 0 amide bonds. The van der Waals surface area contributed by atoms with Crippen molar-refractivity contribution in [2.45, 2.75) is 6.54 Å². The maximum absolute atomic E-state index is 12.1. The molecule has 0 radical (unpaired) electrons. The maximum Gasteiger partial charge on any atom is 0.284 e. The summed E-state index contributed by atoms with van der Waals surface area (Å²) in [6.07, 6.45) is 10.3. The van der Waals surface area contributed by atoms with Crippen molar-refractivity contribution in [2.75, 3.05) is 0 Å². The van der Waals surface area contributed by atoms with Gasteiger partial charge in [0.25, 0.3) is 22.7 Å². The molecule has 50 heavy (non-hydrogen) atoms. The normalized spacial score (nSPS) is 12.6. The van der Waals surface area contributed by atoms with E-state index in [1.807, 2.05) is 42.5 Å². The smallest absolute Gasteiger partial charge is 0.284 e. The van der Waals surface area contributed by atoms with E-state index in [1.165, 1.54) is 6.08 Å². The number of hydrogen-bond donors (Lipinski definition) is 0. The summed E-state index contributed by atoms with van der Waals surface area (Å²) in [5.74, 6) is 0. The predicted molar refractivity (Wildman–Crippen MR) is 189 cm³/mol. The zero-order valence-electron chi connectivity index (χ0n) is 25.8. The second kappa shape index (κ2) is 12.4. The fraction of sp³-hybridized carbons (Fsp3) is 0.0270. The van der Waals surface area contributed by atoms with Crippen molar-refractivity contribution in [2.24, 2.45) is 0 Å². The number of fused-ring (bicyclic) bond motifs is 3.